The minimum absolute atomic E-state index is 0.299. The lowest BCUT2D eigenvalue weighted by Gasteiger charge is -2.08. The first kappa shape index (κ1) is 13.5. The maximum Gasteiger partial charge on any atom is 0.321 e. The van der Waals surface area contributed by atoms with Gasteiger partial charge in [0.05, 0.1) is 0 Å². The van der Waals surface area contributed by atoms with Crippen LogP contribution in [-0.2, 0) is 0 Å². The van der Waals surface area contributed by atoms with E-state index in [1.807, 2.05) is 25.1 Å². The molecule has 0 N–H and O–H groups in total. The summed E-state index contributed by atoms with van der Waals surface area (Å²) in [6.45, 7) is 1.94. The Morgan fingerprint density at radius 1 is 1.00 bits per heavy atom. The Bertz CT molecular complexity index is 745. The third kappa shape index (κ3) is 3.17. The Hall–Kier alpha value is -2.46. The molecule has 0 aliphatic rings. The molecular weight excluding hydrogens is 286 g/mol. The van der Waals surface area contributed by atoms with Crippen molar-refractivity contribution in [3.8, 4) is 22.9 Å². The highest BCUT2D eigenvalue weighted by Gasteiger charge is 2.07. The average Bonchev–Trinajstić information content (AvgIpc) is 2.51. The van der Waals surface area contributed by atoms with E-state index < -0.39 is 0 Å². The number of ether oxygens (including phenoxy) is 1. The molecule has 2 heterocycles. The van der Waals surface area contributed by atoms with Gasteiger partial charge in [0, 0.05) is 40.4 Å². The first-order chi connectivity index (χ1) is 10.2. The van der Waals surface area contributed by atoms with Crippen LogP contribution in [0.3, 0.4) is 0 Å². The topological polar surface area (TPSA) is 47.9 Å². The summed E-state index contributed by atoms with van der Waals surface area (Å²) in [5.41, 5.74) is 2.75. The zero-order valence-electron chi connectivity index (χ0n) is 11.3. The van der Waals surface area contributed by atoms with Crippen LogP contribution in [0, 0.1) is 6.92 Å². The van der Waals surface area contributed by atoms with Crippen LogP contribution >= 0.6 is 11.6 Å². The molecule has 21 heavy (non-hydrogen) atoms. The molecule has 0 bridgehead atoms. The Labute approximate surface area is 127 Å². The fourth-order valence-corrected chi connectivity index (χ4v) is 2.09. The predicted molar refractivity (Wildman–Crippen MR) is 81.5 cm³/mol. The Kier molecular flexibility index (Phi) is 3.79. The van der Waals surface area contributed by atoms with Gasteiger partial charge in [0.1, 0.15) is 5.75 Å². The van der Waals surface area contributed by atoms with Crippen LogP contribution < -0.4 is 4.74 Å². The van der Waals surface area contributed by atoms with E-state index in [0.717, 1.165) is 16.8 Å². The number of nitrogens with zero attached hydrogens (tertiary/aromatic N) is 3. The van der Waals surface area contributed by atoms with Gasteiger partial charge in [-0.3, -0.25) is 4.98 Å². The molecule has 0 aliphatic carbocycles. The molecule has 1 aromatic carbocycles. The number of aromatic nitrogens is 3. The van der Waals surface area contributed by atoms with E-state index in [1.165, 1.54) is 0 Å². The number of benzene rings is 1. The normalized spacial score (nSPS) is 10.4. The van der Waals surface area contributed by atoms with Crippen molar-refractivity contribution in [3.63, 3.8) is 0 Å². The third-order valence-corrected chi connectivity index (χ3v) is 3.24. The Morgan fingerprint density at radius 2 is 1.81 bits per heavy atom. The van der Waals surface area contributed by atoms with Gasteiger partial charge in [0.25, 0.3) is 0 Å². The van der Waals surface area contributed by atoms with Crippen LogP contribution in [0.5, 0.6) is 11.8 Å². The summed E-state index contributed by atoms with van der Waals surface area (Å²) in [5, 5.41) is 0.641. The highest BCUT2D eigenvalue weighted by Crippen LogP contribution is 2.32. The van der Waals surface area contributed by atoms with Crippen LogP contribution in [-0.4, -0.2) is 15.0 Å². The molecular formula is C16H12ClN3O. The number of hydrogen-bond donors (Lipinski definition) is 0. The second-order valence-corrected chi connectivity index (χ2v) is 4.87. The van der Waals surface area contributed by atoms with E-state index >= 15 is 0 Å². The SMILES string of the molecule is Cc1ccc(-c2cc(Oc3ncccn3)ccc2Cl)cn1. The molecule has 104 valence electrons. The number of rotatable bonds is 3. The van der Waals surface area contributed by atoms with Crippen molar-refractivity contribution in [2.75, 3.05) is 0 Å². The summed E-state index contributed by atoms with van der Waals surface area (Å²) in [6.07, 6.45) is 5.05. The van der Waals surface area contributed by atoms with Crippen molar-refractivity contribution in [2.24, 2.45) is 0 Å². The van der Waals surface area contributed by atoms with Gasteiger partial charge in [0.15, 0.2) is 0 Å². The van der Waals surface area contributed by atoms with Gasteiger partial charge in [-0.1, -0.05) is 17.7 Å². The summed E-state index contributed by atoms with van der Waals surface area (Å²) in [5.74, 6) is 0.626. The molecule has 2 aromatic heterocycles. The van der Waals surface area contributed by atoms with Crippen molar-refractivity contribution in [1.29, 1.82) is 0 Å². The number of pyridine rings is 1. The maximum atomic E-state index is 6.26. The van der Waals surface area contributed by atoms with Gasteiger partial charge in [-0.2, -0.15) is 0 Å². The largest absolute Gasteiger partial charge is 0.424 e. The quantitative estimate of drug-likeness (QED) is 0.723. The summed E-state index contributed by atoms with van der Waals surface area (Å²) in [4.78, 5) is 12.3. The number of hydrogen-bond acceptors (Lipinski definition) is 4. The second-order valence-electron chi connectivity index (χ2n) is 4.46. The fourth-order valence-electron chi connectivity index (χ4n) is 1.86. The molecule has 0 amide bonds. The standard InChI is InChI=1S/C16H12ClN3O/c1-11-3-4-12(10-20-11)14-9-13(5-6-15(14)17)21-16-18-7-2-8-19-16/h2-10H,1H3. The lowest BCUT2D eigenvalue weighted by Crippen LogP contribution is -1.91. The van der Waals surface area contributed by atoms with Gasteiger partial charge in [-0.05, 0) is 37.3 Å². The van der Waals surface area contributed by atoms with Crippen molar-refractivity contribution < 1.29 is 4.74 Å². The van der Waals surface area contributed by atoms with Crippen LogP contribution in [0.2, 0.25) is 5.02 Å². The van der Waals surface area contributed by atoms with Gasteiger partial charge < -0.3 is 4.74 Å². The van der Waals surface area contributed by atoms with Crippen molar-refractivity contribution in [3.05, 3.63) is 65.7 Å². The van der Waals surface area contributed by atoms with Crippen molar-refractivity contribution >= 4 is 11.6 Å². The van der Waals surface area contributed by atoms with Gasteiger partial charge in [-0.25, -0.2) is 9.97 Å². The highest BCUT2D eigenvalue weighted by molar-refractivity contribution is 6.33. The molecule has 4 nitrogen and oxygen atoms in total. The van der Waals surface area contributed by atoms with E-state index in [0.29, 0.717) is 16.8 Å². The van der Waals surface area contributed by atoms with E-state index in [4.69, 9.17) is 16.3 Å². The van der Waals surface area contributed by atoms with Crippen LogP contribution in [0.1, 0.15) is 5.69 Å². The highest BCUT2D eigenvalue weighted by atomic mass is 35.5. The van der Waals surface area contributed by atoms with E-state index in [9.17, 15) is 0 Å². The first-order valence-electron chi connectivity index (χ1n) is 6.40. The zero-order valence-corrected chi connectivity index (χ0v) is 12.1. The summed E-state index contributed by atoms with van der Waals surface area (Å²) >= 11 is 6.26. The zero-order chi connectivity index (χ0) is 14.7. The van der Waals surface area contributed by atoms with Gasteiger partial charge in [-0.15, -0.1) is 0 Å². The van der Waals surface area contributed by atoms with Gasteiger partial charge in [0.2, 0.25) is 0 Å². The first-order valence-corrected chi connectivity index (χ1v) is 6.77. The number of aryl methyl sites for hydroxylation is 1. The minimum Gasteiger partial charge on any atom is -0.424 e. The smallest absolute Gasteiger partial charge is 0.321 e. The molecule has 0 fully saturated rings. The monoisotopic (exact) mass is 297 g/mol. The van der Waals surface area contributed by atoms with Crippen LogP contribution in [0.25, 0.3) is 11.1 Å². The molecule has 5 heteroatoms. The Balaban J connectivity index is 1.94. The lowest BCUT2D eigenvalue weighted by molar-refractivity contribution is 0.442. The molecule has 0 saturated heterocycles. The molecule has 0 atom stereocenters. The van der Waals surface area contributed by atoms with E-state index in [1.54, 1.807) is 36.8 Å². The second kappa shape index (κ2) is 5.89. The minimum atomic E-state index is 0.299. The van der Waals surface area contributed by atoms with Crippen molar-refractivity contribution in [2.45, 2.75) is 6.92 Å². The molecule has 0 radical (unpaired) electrons. The maximum absolute atomic E-state index is 6.26. The van der Waals surface area contributed by atoms with Crippen LogP contribution in [0.15, 0.2) is 55.0 Å². The Morgan fingerprint density at radius 3 is 2.52 bits per heavy atom. The van der Waals surface area contributed by atoms with E-state index in [2.05, 4.69) is 15.0 Å². The van der Waals surface area contributed by atoms with E-state index in [-0.39, 0.29) is 0 Å². The average molecular weight is 298 g/mol. The summed E-state index contributed by atoms with van der Waals surface area (Å²) < 4.78 is 5.62. The van der Waals surface area contributed by atoms with Crippen molar-refractivity contribution in [1.82, 2.24) is 15.0 Å². The predicted octanol–water partition coefficient (Wildman–Crippen LogP) is 4.29. The molecule has 0 saturated carbocycles. The molecule has 3 aromatic rings. The summed E-state index contributed by atoms with van der Waals surface area (Å²) in [6, 6.07) is 11.4. The summed E-state index contributed by atoms with van der Waals surface area (Å²) in [7, 11) is 0. The van der Waals surface area contributed by atoms with Crippen LogP contribution in [0.4, 0.5) is 0 Å². The third-order valence-electron chi connectivity index (χ3n) is 2.91. The fraction of sp³-hybridized carbons (Fsp3) is 0.0625. The molecule has 0 aliphatic heterocycles. The molecule has 0 spiro atoms. The van der Waals surface area contributed by atoms with Gasteiger partial charge >= 0.3 is 6.01 Å². The molecule has 3 rings (SSSR count). The molecule has 0 unspecified atom stereocenters. The lowest BCUT2D eigenvalue weighted by atomic mass is 10.1. The number of halogens is 1.